The minimum Gasteiger partial charge on any atom is -0.493 e. The van der Waals surface area contributed by atoms with Crippen molar-refractivity contribution in [3.05, 3.63) is 29.6 Å². The Labute approximate surface area is 114 Å². The van der Waals surface area contributed by atoms with Crippen molar-refractivity contribution in [2.24, 2.45) is 0 Å². The number of hydrogen-bond acceptors (Lipinski definition) is 3. The first-order chi connectivity index (χ1) is 8.83. The van der Waals surface area contributed by atoms with Crippen LogP contribution in [0.5, 0.6) is 5.75 Å². The lowest BCUT2D eigenvalue weighted by Gasteiger charge is -2.20. The molecule has 0 fully saturated rings. The van der Waals surface area contributed by atoms with E-state index in [0.717, 1.165) is 12.1 Å². The zero-order valence-electron chi connectivity index (χ0n) is 12.2. The average molecular weight is 269 g/mol. The molecule has 0 heterocycles. The molecule has 4 heteroatoms. The van der Waals surface area contributed by atoms with E-state index in [1.165, 1.54) is 12.1 Å². The highest BCUT2D eigenvalue weighted by atomic mass is 19.1. The van der Waals surface area contributed by atoms with Crippen LogP contribution in [0.1, 0.15) is 45.7 Å². The Morgan fingerprint density at radius 3 is 2.68 bits per heavy atom. The van der Waals surface area contributed by atoms with Crippen LogP contribution in [0.25, 0.3) is 0 Å². The highest BCUT2D eigenvalue weighted by Gasteiger charge is 2.15. The SMILES string of the molecule is CCNC(C)c1cc(F)ccc1OCCC(C)(C)O. The second kappa shape index (κ2) is 6.87. The van der Waals surface area contributed by atoms with E-state index in [-0.39, 0.29) is 11.9 Å². The summed E-state index contributed by atoms with van der Waals surface area (Å²) in [6.07, 6.45) is 0.527. The molecule has 1 unspecified atom stereocenters. The normalized spacial score (nSPS) is 13.4. The van der Waals surface area contributed by atoms with Crippen LogP contribution in [0.2, 0.25) is 0 Å². The van der Waals surface area contributed by atoms with E-state index in [0.29, 0.717) is 18.8 Å². The highest BCUT2D eigenvalue weighted by Crippen LogP contribution is 2.26. The topological polar surface area (TPSA) is 41.5 Å². The van der Waals surface area contributed by atoms with Crippen LogP contribution in [-0.2, 0) is 0 Å². The Morgan fingerprint density at radius 1 is 1.42 bits per heavy atom. The summed E-state index contributed by atoms with van der Waals surface area (Å²) >= 11 is 0. The van der Waals surface area contributed by atoms with Crippen LogP contribution in [0.4, 0.5) is 4.39 Å². The summed E-state index contributed by atoms with van der Waals surface area (Å²) in [6.45, 7) is 8.67. The van der Waals surface area contributed by atoms with Gasteiger partial charge >= 0.3 is 0 Å². The van der Waals surface area contributed by atoms with Crippen LogP contribution in [0.15, 0.2) is 18.2 Å². The number of benzene rings is 1. The van der Waals surface area contributed by atoms with Crippen molar-refractivity contribution >= 4 is 0 Å². The van der Waals surface area contributed by atoms with Gasteiger partial charge in [0.15, 0.2) is 0 Å². The molecule has 0 aliphatic rings. The molecule has 108 valence electrons. The summed E-state index contributed by atoms with van der Waals surface area (Å²) in [5.41, 5.74) is 0.0469. The maximum absolute atomic E-state index is 13.3. The van der Waals surface area contributed by atoms with Gasteiger partial charge < -0.3 is 15.2 Å². The predicted molar refractivity (Wildman–Crippen MR) is 74.9 cm³/mol. The minimum absolute atomic E-state index is 0.0258. The van der Waals surface area contributed by atoms with E-state index < -0.39 is 5.60 Å². The van der Waals surface area contributed by atoms with Gasteiger partial charge in [-0.25, -0.2) is 4.39 Å². The van der Waals surface area contributed by atoms with Crippen molar-refractivity contribution in [3.63, 3.8) is 0 Å². The summed E-state index contributed by atoms with van der Waals surface area (Å²) < 4.78 is 19.0. The Balaban J connectivity index is 2.76. The highest BCUT2D eigenvalue weighted by molar-refractivity contribution is 5.36. The van der Waals surface area contributed by atoms with Gasteiger partial charge in [0.1, 0.15) is 11.6 Å². The van der Waals surface area contributed by atoms with E-state index in [1.807, 2.05) is 13.8 Å². The largest absolute Gasteiger partial charge is 0.493 e. The summed E-state index contributed by atoms with van der Waals surface area (Å²) in [6, 6.07) is 4.55. The zero-order chi connectivity index (χ0) is 14.5. The lowest BCUT2D eigenvalue weighted by Crippen LogP contribution is -2.23. The molecule has 3 nitrogen and oxygen atoms in total. The van der Waals surface area contributed by atoms with Gasteiger partial charge in [-0.15, -0.1) is 0 Å². The van der Waals surface area contributed by atoms with Crippen molar-refractivity contribution in [1.82, 2.24) is 5.32 Å². The predicted octanol–water partition coefficient (Wildman–Crippen LogP) is 3.04. The fourth-order valence-corrected chi connectivity index (χ4v) is 1.82. The second-order valence-corrected chi connectivity index (χ2v) is 5.37. The molecular formula is C15H24FNO2. The number of rotatable bonds is 7. The maximum Gasteiger partial charge on any atom is 0.124 e. The first-order valence-electron chi connectivity index (χ1n) is 6.71. The van der Waals surface area contributed by atoms with Gasteiger partial charge in [0, 0.05) is 18.0 Å². The number of nitrogens with one attached hydrogen (secondary N) is 1. The van der Waals surface area contributed by atoms with Crippen molar-refractivity contribution in [2.45, 2.75) is 45.8 Å². The summed E-state index contributed by atoms with van der Waals surface area (Å²) in [5.74, 6) is 0.397. The minimum atomic E-state index is -0.756. The molecule has 1 aromatic carbocycles. The van der Waals surface area contributed by atoms with Gasteiger partial charge in [-0.05, 0) is 45.5 Å². The van der Waals surface area contributed by atoms with Crippen LogP contribution in [-0.4, -0.2) is 23.9 Å². The van der Waals surface area contributed by atoms with Crippen LogP contribution in [0.3, 0.4) is 0 Å². The van der Waals surface area contributed by atoms with Crippen molar-refractivity contribution in [1.29, 1.82) is 0 Å². The molecule has 1 atom stereocenters. The molecular weight excluding hydrogens is 245 g/mol. The number of halogens is 1. The van der Waals surface area contributed by atoms with Crippen molar-refractivity contribution in [3.8, 4) is 5.75 Å². The fourth-order valence-electron chi connectivity index (χ4n) is 1.82. The zero-order valence-corrected chi connectivity index (χ0v) is 12.2. The number of ether oxygens (including phenoxy) is 1. The van der Waals surface area contributed by atoms with Gasteiger partial charge in [-0.3, -0.25) is 0 Å². The van der Waals surface area contributed by atoms with Crippen LogP contribution in [0, 0.1) is 5.82 Å². The monoisotopic (exact) mass is 269 g/mol. The van der Waals surface area contributed by atoms with E-state index in [2.05, 4.69) is 5.32 Å². The molecule has 1 aromatic rings. The second-order valence-electron chi connectivity index (χ2n) is 5.37. The average Bonchev–Trinajstić information content (AvgIpc) is 2.29. The molecule has 0 amide bonds. The van der Waals surface area contributed by atoms with Crippen LogP contribution >= 0.6 is 0 Å². The van der Waals surface area contributed by atoms with E-state index in [9.17, 15) is 9.50 Å². The van der Waals surface area contributed by atoms with Crippen LogP contribution < -0.4 is 10.1 Å². The third-order valence-corrected chi connectivity index (χ3v) is 2.92. The Morgan fingerprint density at radius 2 is 2.11 bits per heavy atom. The van der Waals surface area contributed by atoms with E-state index in [1.54, 1.807) is 19.9 Å². The molecule has 0 aliphatic carbocycles. The quantitative estimate of drug-likeness (QED) is 0.799. The molecule has 0 spiro atoms. The summed E-state index contributed by atoms with van der Waals surface area (Å²) in [7, 11) is 0. The van der Waals surface area contributed by atoms with E-state index in [4.69, 9.17) is 4.74 Å². The van der Waals surface area contributed by atoms with Gasteiger partial charge in [0.25, 0.3) is 0 Å². The fraction of sp³-hybridized carbons (Fsp3) is 0.600. The van der Waals surface area contributed by atoms with E-state index >= 15 is 0 Å². The van der Waals surface area contributed by atoms with Gasteiger partial charge in [0.05, 0.1) is 12.2 Å². The Kier molecular flexibility index (Phi) is 5.76. The molecule has 0 bridgehead atoms. The molecule has 1 rings (SSSR count). The van der Waals surface area contributed by atoms with Gasteiger partial charge in [-0.2, -0.15) is 0 Å². The van der Waals surface area contributed by atoms with Crippen molar-refractivity contribution < 1.29 is 14.2 Å². The van der Waals surface area contributed by atoms with Gasteiger partial charge in [0.2, 0.25) is 0 Å². The summed E-state index contributed by atoms with van der Waals surface area (Å²) in [4.78, 5) is 0. The molecule has 0 aromatic heterocycles. The number of hydrogen-bond donors (Lipinski definition) is 2. The lowest BCUT2D eigenvalue weighted by atomic mass is 10.1. The third-order valence-electron chi connectivity index (χ3n) is 2.92. The smallest absolute Gasteiger partial charge is 0.124 e. The molecule has 19 heavy (non-hydrogen) atoms. The molecule has 2 N–H and O–H groups in total. The molecule has 0 saturated heterocycles. The van der Waals surface area contributed by atoms with Gasteiger partial charge in [-0.1, -0.05) is 6.92 Å². The Hall–Kier alpha value is -1.13. The standard InChI is InChI=1S/C15H24FNO2/c1-5-17-11(2)13-10-12(16)6-7-14(13)19-9-8-15(3,4)18/h6-7,10-11,17-18H,5,8-9H2,1-4H3. The first kappa shape index (κ1) is 15.9. The molecule has 0 saturated carbocycles. The van der Waals surface area contributed by atoms with Crippen molar-refractivity contribution in [2.75, 3.05) is 13.2 Å². The molecule has 0 radical (unpaired) electrons. The number of aliphatic hydroxyl groups is 1. The maximum atomic E-state index is 13.3. The summed E-state index contributed by atoms with van der Waals surface area (Å²) in [5, 5.41) is 12.9. The molecule has 0 aliphatic heterocycles. The lowest BCUT2D eigenvalue weighted by molar-refractivity contribution is 0.0551. The Bertz CT molecular complexity index is 402. The third kappa shape index (κ3) is 5.57. The first-order valence-corrected chi connectivity index (χ1v) is 6.71.